The zero-order chi connectivity index (χ0) is 22.0. The van der Waals surface area contributed by atoms with E-state index in [2.05, 4.69) is 43.4 Å². The van der Waals surface area contributed by atoms with Gasteiger partial charge in [-0.2, -0.15) is 0 Å². The Morgan fingerprint density at radius 2 is 1.81 bits per heavy atom. The number of fused-ring (bicyclic) bond motifs is 1. The van der Waals surface area contributed by atoms with E-state index in [1.807, 2.05) is 12.1 Å². The zero-order valence-corrected chi connectivity index (χ0v) is 19.6. The van der Waals surface area contributed by atoms with Crippen LogP contribution in [-0.4, -0.2) is 23.2 Å². The largest absolute Gasteiger partial charge is 0.379 e. The molecule has 2 atom stereocenters. The number of benzene rings is 2. The number of halogens is 2. The third-order valence-corrected chi connectivity index (χ3v) is 6.50. The van der Waals surface area contributed by atoms with Crippen molar-refractivity contribution in [1.29, 1.82) is 0 Å². The van der Waals surface area contributed by atoms with E-state index >= 15 is 0 Å². The maximum atomic E-state index is 6.49. The zero-order valence-electron chi connectivity index (χ0n) is 18.1. The number of hydrogen-bond acceptors (Lipinski definition) is 4. The second-order valence-corrected chi connectivity index (χ2v) is 8.62. The minimum Gasteiger partial charge on any atom is -0.379 e. The number of rotatable bonds is 6. The van der Waals surface area contributed by atoms with E-state index in [0.29, 0.717) is 10.0 Å². The summed E-state index contributed by atoms with van der Waals surface area (Å²) in [5.41, 5.74) is 6.12. The van der Waals surface area contributed by atoms with E-state index < -0.39 is 0 Å². The van der Waals surface area contributed by atoms with Gasteiger partial charge in [0, 0.05) is 17.7 Å². The summed E-state index contributed by atoms with van der Waals surface area (Å²) in [6.45, 7) is 4.18. The van der Waals surface area contributed by atoms with Crippen molar-refractivity contribution in [2.24, 2.45) is 0 Å². The van der Waals surface area contributed by atoms with E-state index in [-0.39, 0.29) is 12.1 Å². The molecule has 1 N–H and O–H groups in total. The Hall–Kier alpha value is -2.14. The summed E-state index contributed by atoms with van der Waals surface area (Å²) < 4.78 is 5.84. The van der Waals surface area contributed by atoms with Crippen LogP contribution in [0.3, 0.4) is 0 Å². The molecule has 0 spiro atoms. The summed E-state index contributed by atoms with van der Waals surface area (Å²) in [6.07, 6.45) is 3.57. The molecule has 2 unspecified atom stereocenters. The van der Waals surface area contributed by atoms with Crippen LogP contribution in [0.4, 0.5) is 5.82 Å². The van der Waals surface area contributed by atoms with Gasteiger partial charge in [-0.05, 0) is 55.0 Å². The second kappa shape index (κ2) is 9.56. The fourth-order valence-electron chi connectivity index (χ4n) is 4.31. The topological polar surface area (TPSA) is 47.0 Å². The molecule has 1 aromatic heterocycles. The van der Waals surface area contributed by atoms with Gasteiger partial charge in [-0.15, -0.1) is 0 Å². The molecule has 0 bridgehead atoms. The Kier molecular flexibility index (Phi) is 6.80. The van der Waals surface area contributed by atoms with Crippen LogP contribution in [0.1, 0.15) is 48.8 Å². The first-order valence-electron chi connectivity index (χ1n) is 10.8. The molecule has 4 rings (SSSR count). The molecule has 0 radical (unpaired) electrons. The van der Waals surface area contributed by atoms with Gasteiger partial charge in [0.1, 0.15) is 5.82 Å². The van der Waals surface area contributed by atoms with Crippen molar-refractivity contribution < 1.29 is 4.74 Å². The number of aryl methyl sites for hydroxylation is 3. The predicted molar refractivity (Wildman–Crippen MR) is 128 cm³/mol. The standard InChI is InChI=1S/C25H27Cl2N3O/c1-4-20-23(18-12-11-16(26)14-19(18)27)28-21(5-2)25(29-20)30-24-17-9-7-6-8-15(17)10-13-22(24)31-3/h6-9,11-12,14,22,24H,4-5,10,13H2,1-3H3,(H,29,30). The first kappa shape index (κ1) is 22.1. The Bertz CT molecular complexity index is 1090. The van der Waals surface area contributed by atoms with Gasteiger partial charge in [0.15, 0.2) is 0 Å². The van der Waals surface area contributed by atoms with Crippen LogP contribution >= 0.6 is 23.2 Å². The van der Waals surface area contributed by atoms with Crippen molar-refractivity contribution in [3.05, 3.63) is 75.0 Å². The first-order valence-corrected chi connectivity index (χ1v) is 11.5. The highest BCUT2D eigenvalue weighted by molar-refractivity contribution is 6.36. The summed E-state index contributed by atoms with van der Waals surface area (Å²) >= 11 is 12.6. The van der Waals surface area contributed by atoms with E-state index in [0.717, 1.165) is 54.1 Å². The van der Waals surface area contributed by atoms with Crippen molar-refractivity contribution in [3.63, 3.8) is 0 Å². The van der Waals surface area contributed by atoms with E-state index in [4.69, 9.17) is 37.9 Å². The van der Waals surface area contributed by atoms with Crippen LogP contribution in [0.2, 0.25) is 10.0 Å². The van der Waals surface area contributed by atoms with Crippen LogP contribution in [-0.2, 0) is 24.0 Å². The summed E-state index contributed by atoms with van der Waals surface area (Å²) in [5.74, 6) is 0.817. The van der Waals surface area contributed by atoms with Gasteiger partial charge >= 0.3 is 0 Å². The van der Waals surface area contributed by atoms with Crippen LogP contribution in [0, 0.1) is 0 Å². The van der Waals surface area contributed by atoms with Crippen molar-refractivity contribution in [2.45, 2.75) is 51.7 Å². The SMILES string of the molecule is CCc1nc(-c2ccc(Cl)cc2Cl)c(CC)nc1NC1c2ccccc2CCC1OC. The lowest BCUT2D eigenvalue weighted by molar-refractivity contribution is 0.0735. The van der Waals surface area contributed by atoms with Gasteiger partial charge in [-0.25, -0.2) is 9.97 Å². The normalized spacial score (nSPS) is 18.0. The van der Waals surface area contributed by atoms with Crippen molar-refractivity contribution in [2.75, 3.05) is 12.4 Å². The molecule has 6 heteroatoms. The smallest absolute Gasteiger partial charge is 0.148 e. The maximum Gasteiger partial charge on any atom is 0.148 e. The molecule has 1 aliphatic rings. The number of nitrogens with one attached hydrogen (secondary N) is 1. The fourth-order valence-corrected chi connectivity index (χ4v) is 4.81. The average Bonchev–Trinajstić information content (AvgIpc) is 2.79. The Balaban J connectivity index is 1.77. The van der Waals surface area contributed by atoms with Gasteiger partial charge in [0.25, 0.3) is 0 Å². The molecular weight excluding hydrogens is 429 g/mol. The van der Waals surface area contributed by atoms with Crippen molar-refractivity contribution in [3.8, 4) is 11.3 Å². The summed E-state index contributed by atoms with van der Waals surface area (Å²) in [5, 5.41) is 4.87. The summed E-state index contributed by atoms with van der Waals surface area (Å²) in [7, 11) is 1.78. The first-order chi connectivity index (χ1) is 15.0. The van der Waals surface area contributed by atoms with Gasteiger partial charge in [-0.1, -0.05) is 61.3 Å². The number of anilines is 1. The van der Waals surface area contributed by atoms with Crippen molar-refractivity contribution in [1.82, 2.24) is 9.97 Å². The fraction of sp³-hybridized carbons (Fsp3) is 0.360. The van der Waals surface area contributed by atoms with Crippen molar-refractivity contribution >= 4 is 29.0 Å². The van der Waals surface area contributed by atoms with Gasteiger partial charge < -0.3 is 10.1 Å². The predicted octanol–water partition coefficient (Wildman–Crippen LogP) is 6.69. The second-order valence-electron chi connectivity index (χ2n) is 7.78. The molecule has 3 aromatic rings. The number of nitrogens with zero attached hydrogens (tertiary/aromatic N) is 2. The van der Waals surface area contributed by atoms with E-state index in [9.17, 15) is 0 Å². The third kappa shape index (κ3) is 4.43. The van der Waals surface area contributed by atoms with E-state index in [1.165, 1.54) is 11.1 Å². The molecule has 0 amide bonds. The monoisotopic (exact) mass is 455 g/mol. The molecule has 4 nitrogen and oxygen atoms in total. The highest BCUT2D eigenvalue weighted by Gasteiger charge is 2.30. The maximum absolute atomic E-state index is 6.49. The number of ether oxygens (including phenoxy) is 1. The van der Waals surface area contributed by atoms with Crippen LogP contribution < -0.4 is 5.32 Å². The average molecular weight is 456 g/mol. The highest BCUT2D eigenvalue weighted by Crippen LogP contribution is 2.36. The summed E-state index contributed by atoms with van der Waals surface area (Å²) in [4.78, 5) is 10.0. The Morgan fingerprint density at radius 1 is 1.03 bits per heavy atom. The van der Waals surface area contributed by atoms with E-state index in [1.54, 1.807) is 13.2 Å². The minimum absolute atomic E-state index is 0.0317. The van der Waals surface area contributed by atoms with Crippen LogP contribution in [0.25, 0.3) is 11.3 Å². The molecule has 2 aromatic carbocycles. The number of aromatic nitrogens is 2. The molecule has 0 aliphatic heterocycles. The Labute approximate surface area is 194 Å². The van der Waals surface area contributed by atoms with Crippen LogP contribution in [0.15, 0.2) is 42.5 Å². The number of methoxy groups -OCH3 is 1. The Morgan fingerprint density at radius 3 is 2.52 bits per heavy atom. The minimum atomic E-state index is 0.0317. The molecule has 0 saturated carbocycles. The van der Waals surface area contributed by atoms with Gasteiger partial charge in [0.2, 0.25) is 0 Å². The third-order valence-electron chi connectivity index (χ3n) is 5.95. The number of hydrogen-bond donors (Lipinski definition) is 1. The lowest BCUT2D eigenvalue weighted by Gasteiger charge is -2.34. The van der Waals surface area contributed by atoms with Gasteiger partial charge in [0.05, 0.1) is 34.3 Å². The van der Waals surface area contributed by atoms with Gasteiger partial charge in [-0.3, -0.25) is 0 Å². The lowest BCUT2D eigenvalue weighted by atomic mass is 9.85. The van der Waals surface area contributed by atoms with Crippen LogP contribution in [0.5, 0.6) is 0 Å². The molecule has 0 fully saturated rings. The summed E-state index contributed by atoms with van der Waals surface area (Å²) in [6, 6.07) is 14.1. The molecule has 1 aliphatic carbocycles. The quantitative estimate of drug-likeness (QED) is 0.449. The lowest BCUT2D eigenvalue weighted by Crippen LogP contribution is -2.33. The molecular formula is C25H27Cl2N3O. The highest BCUT2D eigenvalue weighted by atomic mass is 35.5. The molecule has 0 saturated heterocycles. The molecule has 1 heterocycles. The molecule has 31 heavy (non-hydrogen) atoms. The molecule has 162 valence electrons.